The van der Waals surface area contributed by atoms with Gasteiger partial charge in [0.1, 0.15) is 0 Å². The van der Waals surface area contributed by atoms with E-state index in [1.165, 1.54) is 0 Å². The molecule has 0 aliphatic heterocycles. The minimum Gasteiger partial charge on any atom is -0.377 e. The van der Waals surface area contributed by atoms with Gasteiger partial charge in [-0.25, -0.2) is 0 Å². The van der Waals surface area contributed by atoms with Crippen LogP contribution in [0.15, 0.2) is 0 Å². The summed E-state index contributed by atoms with van der Waals surface area (Å²) >= 11 is 24.7. The van der Waals surface area contributed by atoms with Gasteiger partial charge in [-0.15, -0.1) is 0 Å². The second-order valence-corrected chi connectivity index (χ2v) is 5.00. The lowest BCUT2D eigenvalue weighted by atomic mass is 10.1. The Morgan fingerprint density at radius 1 is 0.667 bits per heavy atom. The van der Waals surface area contributed by atoms with Gasteiger partial charge < -0.3 is 9.47 Å². The van der Waals surface area contributed by atoms with Crippen LogP contribution < -0.4 is 0 Å². The SMILES string of the molecule is CCOCc1c(Cl)c(Cl)c(COCC)c(Cl)c1Cl. The molecule has 102 valence electrons. The third-order valence-corrected chi connectivity index (χ3v) is 4.21. The molecule has 0 saturated heterocycles. The van der Waals surface area contributed by atoms with E-state index in [1.54, 1.807) is 0 Å². The van der Waals surface area contributed by atoms with Crippen molar-refractivity contribution in [2.45, 2.75) is 27.1 Å². The topological polar surface area (TPSA) is 18.5 Å². The van der Waals surface area contributed by atoms with E-state index in [0.29, 0.717) is 44.4 Å². The van der Waals surface area contributed by atoms with Crippen molar-refractivity contribution in [3.8, 4) is 0 Å². The largest absolute Gasteiger partial charge is 0.377 e. The molecule has 0 amide bonds. The Kier molecular flexibility index (Phi) is 7.07. The fourth-order valence-corrected chi connectivity index (χ4v) is 2.53. The predicted octanol–water partition coefficient (Wildman–Crippen LogP) is 5.37. The summed E-state index contributed by atoms with van der Waals surface area (Å²) in [6, 6.07) is 0. The molecule has 18 heavy (non-hydrogen) atoms. The molecule has 0 bridgehead atoms. The number of halogens is 4. The minimum atomic E-state index is 0.280. The molecule has 1 aromatic rings. The Bertz CT molecular complexity index is 353. The molecule has 0 spiro atoms. The van der Waals surface area contributed by atoms with Crippen LogP contribution in [0.1, 0.15) is 25.0 Å². The Morgan fingerprint density at radius 2 is 0.944 bits per heavy atom. The first-order valence-corrected chi connectivity index (χ1v) is 7.04. The average molecular weight is 332 g/mol. The molecule has 0 N–H and O–H groups in total. The van der Waals surface area contributed by atoms with Crippen LogP contribution in [-0.2, 0) is 22.7 Å². The monoisotopic (exact) mass is 330 g/mol. The van der Waals surface area contributed by atoms with E-state index in [2.05, 4.69) is 0 Å². The van der Waals surface area contributed by atoms with E-state index in [4.69, 9.17) is 55.9 Å². The van der Waals surface area contributed by atoms with Gasteiger partial charge in [0.05, 0.1) is 33.3 Å². The normalized spacial score (nSPS) is 11.0. The van der Waals surface area contributed by atoms with Gasteiger partial charge in [-0.2, -0.15) is 0 Å². The van der Waals surface area contributed by atoms with Gasteiger partial charge in [-0.05, 0) is 13.8 Å². The smallest absolute Gasteiger partial charge is 0.0746 e. The second kappa shape index (κ2) is 7.78. The van der Waals surface area contributed by atoms with Gasteiger partial charge in [0.2, 0.25) is 0 Å². The van der Waals surface area contributed by atoms with Gasteiger partial charge in [-0.1, -0.05) is 46.4 Å². The molecule has 0 aromatic heterocycles. The molecule has 0 unspecified atom stereocenters. The van der Waals surface area contributed by atoms with Gasteiger partial charge >= 0.3 is 0 Å². The zero-order valence-corrected chi connectivity index (χ0v) is 13.2. The van der Waals surface area contributed by atoms with Crippen LogP contribution in [-0.4, -0.2) is 13.2 Å². The third kappa shape index (κ3) is 3.66. The summed E-state index contributed by atoms with van der Waals surface area (Å²) in [6.07, 6.45) is 0. The highest BCUT2D eigenvalue weighted by Crippen LogP contribution is 2.41. The quantitative estimate of drug-likeness (QED) is 0.652. The van der Waals surface area contributed by atoms with Crippen molar-refractivity contribution in [1.82, 2.24) is 0 Å². The molecular formula is C12H14Cl4O2. The molecule has 0 saturated carbocycles. The first-order valence-electron chi connectivity index (χ1n) is 5.53. The predicted molar refractivity (Wildman–Crippen MR) is 77.1 cm³/mol. The maximum atomic E-state index is 6.18. The summed E-state index contributed by atoms with van der Waals surface area (Å²) < 4.78 is 10.6. The zero-order valence-electron chi connectivity index (χ0n) is 10.2. The highest BCUT2D eigenvalue weighted by molar-refractivity contribution is 6.48. The summed E-state index contributed by atoms with van der Waals surface area (Å²) in [4.78, 5) is 0. The van der Waals surface area contributed by atoms with E-state index >= 15 is 0 Å². The first-order chi connectivity index (χ1) is 8.54. The highest BCUT2D eigenvalue weighted by Gasteiger charge is 2.20. The molecule has 0 fully saturated rings. The van der Waals surface area contributed by atoms with Gasteiger partial charge in [0.15, 0.2) is 0 Å². The minimum absolute atomic E-state index is 0.280. The molecule has 0 aliphatic carbocycles. The number of hydrogen-bond donors (Lipinski definition) is 0. The second-order valence-electron chi connectivity index (χ2n) is 3.49. The summed E-state index contributed by atoms with van der Waals surface area (Å²) in [5.74, 6) is 0. The highest BCUT2D eigenvalue weighted by atomic mass is 35.5. The summed E-state index contributed by atoms with van der Waals surface area (Å²) in [5, 5.41) is 1.48. The summed E-state index contributed by atoms with van der Waals surface area (Å²) in [6.45, 7) is 5.44. The molecule has 1 rings (SSSR count). The van der Waals surface area contributed by atoms with Crippen LogP contribution in [0.4, 0.5) is 0 Å². The molecule has 1 aromatic carbocycles. The lowest BCUT2D eigenvalue weighted by Gasteiger charge is -2.15. The fraction of sp³-hybridized carbons (Fsp3) is 0.500. The lowest BCUT2D eigenvalue weighted by Crippen LogP contribution is -2.01. The lowest BCUT2D eigenvalue weighted by molar-refractivity contribution is 0.132. The average Bonchev–Trinajstić information content (AvgIpc) is 2.37. The Hall–Kier alpha value is 0.300. The van der Waals surface area contributed by atoms with Crippen LogP contribution in [0.2, 0.25) is 20.1 Å². The van der Waals surface area contributed by atoms with E-state index in [1.807, 2.05) is 13.8 Å². The van der Waals surface area contributed by atoms with Crippen LogP contribution in [0.5, 0.6) is 0 Å². The molecule has 0 heterocycles. The summed E-state index contributed by atoms with van der Waals surface area (Å²) in [7, 11) is 0. The molecule has 0 aliphatic rings. The van der Waals surface area contributed by atoms with Gasteiger partial charge in [-0.3, -0.25) is 0 Å². The van der Waals surface area contributed by atoms with E-state index in [-0.39, 0.29) is 13.2 Å². The van der Waals surface area contributed by atoms with Crippen LogP contribution in [0.3, 0.4) is 0 Å². The maximum absolute atomic E-state index is 6.18. The van der Waals surface area contributed by atoms with Gasteiger partial charge in [0, 0.05) is 24.3 Å². The summed E-state index contributed by atoms with van der Waals surface area (Å²) in [5.41, 5.74) is 1.21. The first kappa shape index (κ1) is 16.4. The molecule has 0 atom stereocenters. The van der Waals surface area contributed by atoms with E-state index in [9.17, 15) is 0 Å². The van der Waals surface area contributed by atoms with Crippen molar-refractivity contribution < 1.29 is 9.47 Å². The Balaban J connectivity index is 3.18. The van der Waals surface area contributed by atoms with Crippen molar-refractivity contribution in [2.24, 2.45) is 0 Å². The van der Waals surface area contributed by atoms with E-state index in [0.717, 1.165) is 0 Å². The number of hydrogen-bond acceptors (Lipinski definition) is 2. The van der Waals surface area contributed by atoms with E-state index < -0.39 is 0 Å². The van der Waals surface area contributed by atoms with Crippen molar-refractivity contribution in [1.29, 1.82) is 0 Å². The molecule has 2 nitrogen and oxygen atoms in total. The number of benzene rings is 1. The van der Waals surface area contributed by atoms with Crippen molar-refractivity contribution in [3.63, 3.8) is 0 Å². The van der Waals surface area contributed by atoms with Crippen LogP contribution in [0, 0.1) is 0 Å². The molecule has 6 heteroatoms. The molecular weight excluding hydrogens is 318 g/mol. The van der Waals surface area contributed by atoms with Crippen LogP contribution in [0.25, 0.3) is 0 Å². The van der Waals surface area contributed by atoms with Crippen molar-refractivity contribution in [2.75, 3.05) is 13.2 Å². The third-order valence-electron chi connectivity index (χ3n) is 2.35. The number of rotatable bonds is 6. The van der Waals surface area contributed by atoms with Crippen molar-refractivity contribution in [3.05, 3.63) is 31.2 Å². The fourth-order valence-electron chi connectivity index (χ4n) is 1.38. The van der Waals surface area contributed by atoms with Gasteiger partial charge in [0.25, 0.3) is 0 Å². The Morgan fingerprint density at radius 3 is 1.17 bits per heavy atom. The Labute approximate surface area is 127 Å². The molecule has 0 radical (unpaired) electrons. The van der Waals surface area contributed by atoms with Crippen molar-refractivity contribution >= 4 is 46.4 Å². The number of ether oxygens (including phenoxy) is 2. The zero-order chi connectivity index (χ0) is 13.7. The van der Waals surface area contributed by atoms with Crippen LogP contribution >= 0.6 is 46.4 Å². The maximum Gasteiger partial charge on any atom is 0.0746 e. The standard InChI is InChI=1S/C12H14Cl4O2/c1-3-17-5-7-9(13)11(15)8(6-18-4-2)12(16)10(7)14/h3-6H2,1-2H3.